The number of carbonyl (C=O) groups is 1. The fourth-order valence-electron chi connectivity index (χ4n) is 2.37. The molecule has 0 aromatic heterocycles. The minimum absolute atomic E-state index is 0.0577. The van der Waals surface area contributed by atoms with Crippen LogP contribution in [0.5, 0.6) is 5.75 Å². The van der Waals surface area contributed by atoms with Crippen molar-refractivity contribution in [2.75, 3.05) is 12.4 Å². The molecule has 0 saturated heterocycles. The summed E-state index contributed by atoms with van der Waals surface area (Å²) in [6.07, 6.45) is 1.51. The van der Waals surface area contributed by atoms with Crippen LogP contribution in [0.25, 0.3) is 10.8 Å². The van der Waals surface area contributed by atoms with Crippen molar-refractivity contribution in [3.05, 3.63) is 83.2 Å². The summed E-state index contributed by atoms with van der Waals surface area (Å²) < 4.78 is 11.3. The topological polar surface area (TPSA) is 47.6 Å². The zero-order valence-corrected chi connectivity index (χ0v) is 15.1. The van der Waals surface area contributed by atoms with E-state index >= 15 is 0 Å². The van der Waals surface area contributed by atoms with E-state index in [0.29, 0.717) is 5.75 Å². The summed E-state index contributed by atoms with van der Waals surface area (Å²) in [5.74, 6) is 0.0182. The highest BCUT2D eigenvalue weighted by atomic mass is 79.9. The van der Waals surface area contributed by atoms with Crippen LogP contribution in [-0.4, -0.2) is 13.1 Å². The average molecular weight is 398 g/mol. The molecule has 0 aliphatic heterocycles. The van der Waals surface area contributed by atoms with Gasteiger partial charge in [-0.15, -0.1) is 0 Å². The number of hydrogen-bond acceptors (Lipinski definition) is 4. The highest BCUT2D eigenvalue weighted by Crippen LogP contribution is 2.27. The predicted molar refractivity (Wildman–Crippen MR) is 102 cm³/mol. The second kappa shape index (κ2) is 7.85. The lowest BCUT2D eigenvalue weighted by molar-refractivity contribution is -0.138. The van der Waals surface area contributed by atoms with Crippen molar-refractivity contribution in [2.24, 2.45) is 0 Å². The van der Waals surface area contributed by atoms with Gasteiger partial charge >= 0.3 is 5.97 Å². The molecule has 3 aromatic rings. The van der Waals surface area contributed by atoms with Crippen LogP contribution in [0.15, 0.2) is 83.2 Å². The number of benzene rings is 3. The molecule has 0 spiro atoms. The Morgan fingerprint density at radius 1 is 1.00 bits per heavy atom. The lowest BCUT2D eigenvalue weighted by Crippen LogP contribution is -2.12. The van der Waals surface area contributed by atoms with E-state index in [-0.39, 0.29) is 5.76 Å². The van der Waals surface area contributed by atoms with Crippen molar-refractivity contribution >= 4 is 38.4 Å². The van der Waals surface area contributed by atoms with Crippen molar-refractivity contribution in [1.29, 1.82) is 0 Å². The molecule has 0 amide bonds. The third kappa shape index (κ3) is 4.00. The number of methoxy groups -OCH3 is 1. The third-order valence-electron chi connectivity index (χ3n) is 3.59. The first kappa shape index (κ1) is 17.0. The van der Waals surface area contributed by atoms with Crippen molar-refractivity contribution < 1.29 is 14.3 Å². The maximum Gasteiger partial charge on any atom is 0.375 e. The zero-order valence-electron chi connectivity index (χ0n) is 13.5. The third-order valence-corrected chi connectivity index (χ3v) is 4.25. The Morgan fingerprint density at radius 2 is 1.72 bits per heavy atom. The largest absolute Gasteiger partial charge is 0.463 e. The second-order valence-electron chi connectivity index (χ2n) is 5.20. The SMILES string of the molecule is COC(=O)/C(=C\Nc1cccc2ccccc12)Oc1ccccc1Br. The van der Waals surface area contributed by atoms with E-state index in [9.17, 15) is 4.79 Å². The van der Waals surface area contributed by atoms with E-state index in [4.69, 9.17) is 9.47 Å². The maximum atomic E-state index is 12.0. The van der Waals surface area contributed by atoms with Gasteiger partial charge in [0.1, 0.15) is 5.75 Å². The van der Waals surface area contributed by atoms with Crippen LogP contribution in [0.2, 0.25) is 0 Å². The lowest BCUT2D eigenvalue weighted by atomic mass is 10.1. The average Bonchev–Trinajstić information content (AvgIpc) is 2.66. The van der Waals surface area contributed by atoms with Gasteiger partial charge in [0, 0.05) is 11.1 Å². The molecule has 25 heavy (non-hydrogen) atoms. The molecular formula is C20H16BrNO3. The van der Waals surface area contributed by atoms with Crippen molar-refractivity contribution in [3.63, 3.8) is 0 Å². The van der Waals surface area contributed by atoms with Gasteiger partial charge in [0.2, 0.25) is 5.76 Å². The van der Waals surface area contributed by atoms with Crippen LogP contribution >= 0.6 is 15.9 Å². The van der Waals surface area contributed by atoms with Gasteiger partial charge in [-0.25, -0.2) is 4.79 Å². The summed E-state index contributed by atoms with van der Waals surface area (Å²) in [5.41, 5.74) is 0.871. The first-order valence-electron chi connectivity index (χ1n) is 7.64. The van der Waals surface area contributed by atoms with E-state index in [2.05, 4.69) is 21.2 Å². The minimum atomic E-state index is -0.566. The smallest absolute Gasteiger partial charge is 0.375 e. The fraction of sp³-hybridized carbons (Fsp3) is 0.0500. The van der Waals surface area contributed by atoms with Crippen LogP contribution in [0.4, 0.5) is 5.69 Å². The molecule has 3 rings (SSSR count). The molecule has 3 aromatic carbocycles. The van der Waals surface area contributed by atoms with Gasteiger partial charge < -0.3 is 14.8 Å². The standard InChI is InChI=1S/C20H16BrNO3/c1-24-20(23)19(25-18-12-5-4-10-16(18)21)13-22-17-11-6-8-14-7-2-3-9-15(14)17/h2-13,22H,1H3/b19-13+. The zero-order chi connectivity index (χ0) is 17.6. The van der Waals surface area contributed by atoms with Gasteiger partial charge in [0.15, 0.2) is 0 Å². The van der Waals surface area contributed by atoms with Gasteiger partial charge in [0.25, 0.3) is 0 Å². The molecule has 4 nitrogen and oxygen atoms in total. The summed E-state index contributed by atoms with van der Waals surface area (Å²) in [6, 6.07) is 21.2. The molecule has 1 N–H and O–H groups in total. The molecule has 0 unspecified atom stereocenters. The summed E-state index contributed by atoms with van der Waals surface area (Å²) in [6.45, 7) is 0. The number of anilines is 1. The number of esters is 1. The number of nitrogens with one attached hydrogen (secondary N) is 1. The molecule has 126 valence electrons. The first-order valence-corrected chi connectivity index (χ1v) is 8.43. The Morgan fingerprint density at radius 3 is 2.52 bits per heavy atom. The molecule has 0 aliphatic rings. The predicted octanol–water partition coefficient (Wildman–Crippen LogP) is 5.11. The Balaban J connectivity index is 1.91. The number of hydrogen-bond donors (Lipinski definition) is 1. The number of fused-ring (bicyclic) bond motifs is 1. The van der Waals surface area contributed by atoms with E-state index in [1.54, 1.807) is 6.07 Å². The Bertz CT molecular complexity index is 932. The number of rotatable bonds is 5. The van der Waals surface area contributed by atoms with Crippen LogP contribution < -0.4 is 10.1 Å². The molecule has 0 bridgehead atoms. The summed E-state index contributed by atoms with van der Waals surface area (Å²) >= 11 is 3.40. The van der Waals surface area contributed by atoms with Crippen LogP contribution in [0.1, 0.15) is 0 Å². The van der Waals surface area contributed by atoms with E-state index < -0.39 is 5.97 Å². The van der Waals surface area contributed by atoms with Gasteiger partial charge in [-0.05, 0) is 39.5 Å². The quantitative estimate of drug-likeness (QED) is 0.369. The number of carbonyl (C=O) groups excluding carboxylic acids is 1. The molecule has 0 aliphatic carbocycles. The molecular weight excluding hydrogens is 382 g/mol. The number of halogens is 1. The summed E-state index contributed by atoms with van der Waals surface area (Å²) in [7, 11) is 1.32. The van der Waals surface area contributed by atoms with Crippen molar-refractivity contribution in [2.45, 2.75) is 0 Å². The molecule has 0 heterocycles. The molecule has 0 atom stereocenters. The van der Waals surface area contributed by atoms with Crippen LogP contribution in [0.3, 0.4) is 0 Å². The molecule has 5 heteroatoms. The van der Waals surface area contributed by atoms with Crippen LogP contribution in [0, 0.1) is 0 Å². The lowest BCUT2D eigenvalue weighted by Gasteiger charge is -2.11. The van der Waals surface area contributed by atoms with Crippen molar-refractivity contribution in [1.82, 2.24) is 0 Å². The Labute approximate surface area is 154 Å². The van der Waals surface area contributed by atoms with Gasteiger partial charge in [0.05, 0.1) is 17.8 Å². The van der Waals surface area contributed by atoms with E-state index in [1.165, 1.54) is 13.3 Å². The second-order valence-corrected chi connectivity index (χ2v) is 6.06. The first-order chi connectivity index (χ1) is 12.2. The summed E-state index contributed by atoms with van der Waals surface area (Å²) in [4.78, 5) is 12.0. The monoisotopic (exact) mass is 397 g/mol. The van der Waals surface area contributed by atoms with Crippen molar-refractivity contribution in [3.8, 4) is 5.75 Å². The molecule has 0 fully saturated rings. The van der Waals surface area contributed by atoms with Gasteiger partial charge in [-0.2, -0.15) is 0 Å². The Hall–Kier alpha value is -2.79. The molecule has 0 radical (unpaired) electrons. The normalized spacial score (nSPS) is 11.2. The van der Waals surface area contributed by atoms with Crippen LogP contribution in [-0.2, 0) is 9.53 Å². The molecule has 0 saturated carbocycles. The maximum absolute atomic E-state index is 12.0. The number of para-hydroxylation sites is 1. The summed E-state index contributed by atoms with van der Waals surface area (Å²) in [5, 5.41) is 5.29. The van der Waals surface area contributed by atoms with Gasteiger partial charge in [-0.1, -0.05) is 48.5 Å². The van der Waals surface area contributed by atoms with E-state index in [1.807, 2.05) is 60.7 Å². The van der Waals surface area contributed by atoms with Gasteiger partial charge in [-0.3, -0.25) is 0 Å². The Kier molecular flexibility index (Phi) is 5.36. The minimum Gasteiger partial charge on any atom is -0.463 e. The fourth-order valence-corrected chi connectivity index (χ4v) is 2.74. The highest BCUT2D eigenvalue weighted by Gasteiger charge is 2.14. The number of ether oxygens (including phenoxy) is 2. The highest BCUT2D eigenvalue weighted by molar-refractivity contribution is 9.10. The van der Waals surface area contributed by atoms with E-state index in [0.717, 1.165) is 20.9 Å².